The molecule has 0 atom stereocenters. The molecule has 0 aliphatic carbocycles. The van der Waals surface area contributed by atoms with Gasteiger partial charge in [0.25, 0.3) is 5.91 Å². The molecule has 0 radical (unpaired) electrons. The SMILES string of the molecule is Cc1cccc(C(=O)Nc2ccc(Cl)c(S(=O)(=O)N3CCCC3)c2)n1. The third kappa shape index (κ3) is 3.84. The second-order valence-electron chi connectivity index (χ2n) is 5.87. The topological polar surface area (TPSA) is 79.4 Å². The van der Waals surface area contributed by atoms with Gasteiger partial charge in [0.15, 0.2) is 0 Å². The van der Waals surface area contributed by atoms with E-state index in [0.717, 1.165) is 18.5 Å². The van der Waals surface area contributed by atoms with Crippen LogP contribution < -0.4 is 5.32 Å². The number of aryl methyl sites for hydroxylation is 1. The zero-order valence-electron chi connectivity index (χ0n) is 13.7. The molecule has 1 aromatic carbocycles. The molecule has 1 aliphatic rings. The summed E-state index contributed by atoms with van der Waals surface area (Å²) in [7, 11) is -3.66. The average molecular weight is 380 g/mol. The van der Waals surface area contributed by atoms with E-state index < -0.39 is 15.9 Å². The van der Waals surface area contributed by atoms with Gasteiger partial charge in [-0.25, -0.2) is 13.4 Å². The lowest BCUT2D eigenvalue weighted by Crippen LogP contribution is -2.28. The van der Waals surface area contributed by atoms with Gasteiger partial charge in [-0.3, -0.25) is 4.79 Å². The Morgan fingerprint density at radius 2 is 1.92 bits per heavy atom. The van der Waals surface area contributed by atoms with Crippen LogP contribution in [0.1, 0.15) is 29.0 Å². The number of hydrogen-bond acceptors (Lipinski definition) is 4. The summed E-state index contributed by atoms with van der Waals surface area (Å²) in [5.41, 5.74) is 1.34. The van der Waals surface area contributed by atoms with Crippen LogP contribution >= 0.6 is 11.6 Å². The van der Waals surface area contributed by atoms with Crippen molar-refractivity contribution in [3.05, 3.63) is 52.8 Å². The lowest BCUT2D eigenvalue weighted by atomic mass is 10.2. The molecule has 1 aliphatic heterocycles. The number of rotatable bonds is 4. The standard InChI is InChI=1S/C17H18ClN3O3S/c1-12-5-4-6-15(19-12)17(22)20-13-7-8-14(18)16(11-13)25(23,24)21-9-2-3-10-21/h4-8,11H,2-3,9-10H2,1H3,(H,20,22). The van der Waals surface area contributed by atoms with E-state index in [-0.39, 0.29) is 15.6 Å². The van der Waals surface area contributed by atoms with Crippen LogP contribution in [0.2, 0.25) is 5.02 Å². The summed E-state index contributed by atoms with van der Waals surface area (Å²) in [6.45, 7) is 2.77. The summed E-state index contributed by atoms with van der Waals surface area (Å²) in [4.78, 5) is 16.5. The zero-order chi connectivity index (χ0) is 18.0. The van der Waals surface area contributed by atoms with Crippen LogP contribution in [0.25, 0.3) is 0 Å². The first-order valence-electron chi connectivity index (χ1n) is 7.92. The van der Waals surface area contributed by atoms with Crippen molar-refractivity contribution in [3.8, 4) is 0 Å². The Balaban J connectivity index is 1.88. The maximum absolute atomic E-state index is 12.7. The first-order valence-corrected chi connectivity index (χ1v) is 9.74. The first-order chi connectivity index (χ1) is 11.9. The summed E-state index contributed by atoms with van der Waals surface area (Å²) in [5.74, 6) is -0.407. The molecule has 3 rings (SSSR count). The third-order valence-electron chi connectivity index (χ3n) is 3.99. The molecule has 25 heavy (non-hydrogen) atoms. The Bertz CT molecular complexity index is 909. The lowest BCUT2D eigenvalue weighted by molar-refractivity contribution is 0.102. The van der Waals surface area contributed by atoms with Gasteiger partial charge in [-0.1, -0.05) is 17.7 Å². The molecular weight excluding hydrogens is 362 g/mol. The fourth-order valence-corrected chi connectivity index (χ4v) is 4.73. The predicted octanol–water partition coefficient (Wildman–Crippen LogP) is 3.08. The molecule has 1 saturated heterocycles. The van der Waals surface area contributed by atoms with Crippen LogP contribution in [-0.4, -0.2) is 36.7 Å². The zero-order valence-corrected chi connectivity index (χ0v) is 15.3. The number of halogens is 1. The number of aromatic nitrogens is 1. The van der Waals surface area contributed by atoms with E-state index in [1.54, 1.807) is 31.2 Å². The van der Waals surface area contributed by atoms with Crippen molar-refractivity contribution in [1.82, 2.24) is 9.29 Å². The van der Waals surface area contributed by atoms with Crippen molar-refractivity contribution in [1.29, 1.82) is 0 Å². The van der Waals surface area contributed by atoms with Gasteiger partial charge >= 0.3 is 0 Å². The van der Waals surface area contributed by atoms with Gasteiger partial charge in [-0.05, 0) is 50.1 Å². The molecule has 1 amide bonds. The predicted molar refractivity (Wildman–Crippen MR) is 96.4 cm³/mol. The van der Waals surface area contributed by atoms with Crippen LogP contribution in [0, 0.1) is 6.92 Å². The van der Waals surface area contributed by atoms with Gasteiger partial charge in [-0.2, -0.15) is 4.31 Å². The summed E-state index contributed by atoms with van der Waals surface area (Å²) < 4.78 is 26.9. The van der Waals surface area contributed by atoms with Crippen molar-refractivity contribution in [2.24, 2.45) is 0 Å². The van der Waals surface area contributed by atoms with E-state index in [0.29, 0.717) is 18.8 Å². The number of hydrogen-bond donors (Lipinski definition) is 1. The molecule has 0 saturated carbocycles. The first kappa shape index (κ1) is 17.8. The van der Waals surface area contributed by atoms with Crippen LogP contribution in [0.15, 0.2) is 41.3 Å². The highest BCUT2D eigenvalue weighted by molar-refractivity contribution is 7.89. The number of benzene rings is 1. The molecule has 1 fully saturated rings. The highest BCUT2D eigenvalue weighted by Crippen LogP contribution is 2.29. The van der Waals surface area contributed by atoms with Crippen molar-refractivity contribution in [3.63, 3.8) is 0 Å². The monoisotopic (exact) mass is 379 g/mol. The summed E-state index contributed by atoms with van der Waals surface area (Å²) in [6.07, 6.45) is 1.68. The van der Waals surface area contributed by atoms with Crippen LogP contribution in [0.5, 0.6) is 0 Å². The Morgan fingerprint density at radius 1 is 1.20 bits per heavy atom. The lowest BCUT2D eigenvalue weighted by Gasteiger charge is -2.17. The van der Waals surface area contributed by atoms with E-state index >= 15 is 0 Å². The minimum atomic E-state index is -3.66. The van der Waals surface area contributed by atoms with Crippen molar-refractivity contribution in [2.45, 2.75) is 24.7 Å². The van der Waals surface area contributed by atoms with E-state index in [1.807, 2.05) is 0 Å². The molecule has 1 aromatic heterocycles. The van der Waals surface area contributed by atoms with Crippen molar-refractivity contribution >= 4 is 33.2 Å². The van der Waals surface area contributed by atoms with E-state index in [1.165, 1.54) is 16.4 Å². The number of pyridine rings is 1. The number of nitrogens with zero attached hydrogens (tertiary/aromatic N) is 2. The maximum atomic E-state index is 12.7. The molecule has 2 aromatic rings. The van der Waals surface area contributed by atoms with Crippen molar-refractivity contribution in [2.75, 3.05) is 18.4 Å². The van der Waals surface area contributed by atoms with Crippen LogP contribution in [0.4, 0.5) is 5.69 Å². The molecule has 132 valence electrons. The maximum Gasteiger partial charge on any atom is 0.274 e. The number of nitrogens with one attached hydrogen (secondary N) is 1. The number of amides is 1. The molecule has 0 spiro atoms. The Kier molecular flexibility index (Phi) is 5.08. The molecule has 0 bridgehead atoms. The highest BCUT2D eigenvalue weighted by Gasteiger charge is 2.29. The minimum absolute atomic E-state index is 0.00562. The number of carbonyl (C=O) groups excluding carboxylic acids is 1. The Hall–Kier alpha value is -1.96. The van der Waals surface area contributed by atoms with E-state index in [9.17, 15) is 13.2 Å². The summed E-state index contributed by atoms with van der Waals surface area (Å²) in [6, 6.07) is 9.56. The third-order valence-corrected chi connectivity index (χ3v) is 6.37. The van der Waals surface area contributed by atoms with Gasteiger partial charge in [0.2, 0.25) is 10.0 Å². The number of sulfonamides is 1. The second-order valence-corrected chi connectivity index (χ2v) is 8.19. The van der Waals surface area contributed by atoms with Gasteiger partial charge in [0.1, 0.15) is 10.6 Å². The fourth-order valence-electron chi connectivity index (χ4n) is 2.71. The van der Waals surface area contributed by atoms with E-state index in [4.69, 9.17) is 11.6 Å². The van der Waals surface area contributed by atoms with Gasteiger partial charge in [0, 0.05) is 24.5 Å². The second kappa shape index (κ2) is 7.11. The Morgan fingerprint density at radius 3 is 2.60 bits per heavy atom. The Labute approximate surface area is 151 Å². The molecular formula is C17H18ClN3O3S. The van der Waals surface area contributed by atoms with Crippen LogP contribution in [0.3, 0.4) is 0 Å². The summed E-state index contributed by atoms with van der Waals surface area (Å²) in [5, 5.41) is 2.81. The number of carbonyl (C=O) groups is 1. The molecule has 0 unspecified atom stereocenters. The van der Waals surface area contributed by atoms with Gasteiger partial charge in [-0.15, -0.1) is 0 Å². The quantitative estimate of drug-likeness (QED) is 0.885. The molecule has 1 N–H and O–H groups in total. The molecule has 2 heterocycles. The largest absolute Gasteiger partial charge is 0.321 e. The molecule has 6 nitrogen and oxygen atoms in total. The fraction of sp³-hybridized carbons (Fsp3) is 0.294. The molecule has 8 heteroatoms. The normalized spacial score (nSPS) is 15.3. The van der Waals surface area contributed by atoms with Gasteiger partial charge in [0.05, 0.1) is 5.02 Å². The van der Waals surface area contributed by atoms with E-state index in [2.05, 4.69) is 10.3 Å². The number of anilines is 1. The smallest absolute Gasteiger partial charge is 0.274 e. The van der Waals surface area contributed by atoms with Gasteiger partial charge < -0.3 is 5.32 Å². The van der Waals surface area contributed by atoms with Crippen LogP contribution in [-0.2, 0) is 10.0 Å². The average Bonchev–Trinajstić information content (AvgIpc) is 3.12. The van der Waals surface area contributed by atoms with Crippen molar-refractivity contribution < 1.29 is 13.2 Å². The summed E-state index contributed by atoms with van der Waals surface area (Å²) >= 11 is 6.10. The minimum Gasteiger partial charge on any atom is -0.321 e. The highest BCUT2D eigenvalue weighted by atomic mass is 35.5.